The average molecular weight is 361 g/mol. The van der Waals surface area contributed by atoms with Crippen molar-refractivity contribution in [2.75, 3.05) is 16.8 Å². The van der Waals surface area contributed by atoms with Crippen LogP contribution in [0.4, 0.5) is 11.4 Å². The lowest BCUT2D eigenvalue weighted by Gasteiger charge is -2.37. The van der Waals surface area contributed by atoms with Crippen LogP contribution in [0, 0.1) is 0 Å². The molecule has 0 aliphatic carbocycles. The second-order valence-electron chi connectivity index (χ2n) is 7.38. The van der Waals surface area contributed by atoms with Crippen LogP contribution < -0.4 is 10.2 Å². The van der Waals surface area contributed by atoms with E-state index in [0.717, 1.165) is 28.7 Å². The third-order valence-corrected chi connectivity index (χ3v) is 5.61. The number of para-hydroxylation sites is 1. The summed E-state index contributed by atoms with van der Waals surface area (Å²) in [5.74, 6) is 0.0110. The average Bonchev–Trinajstić information content (AvgIpc) is 3.11. The molecule has 0 spiro atoms. The van der Waals surface area contributed by atoms with Crippen molar-refractivity contribution in [1.82, 2.24) is 4.98 Å². The highest BCUT2D eigenvalue weighted by molar-refractivity contribution is 5.95. The van der Waals surface area contributed by atoms with Crippen LogP contribution in [0.5, 0.6) is 0 Å². The molecule has 2 N–H and O–H groups in total. The van der Waals surface area contributed by atoms with Crippen LogP contribution in [-0.2, 0) is 11.2 Å². The van der Waals surface area contributed by atoms with Gasteiger partial charge >= 0.3 is 0 Å². The van der Waals surface area contributed by atoms with E-state index in [2.05, 4.69) is 34.3 Å². The van der Waals surface area contributed by atoms with Gasteiger partial charge in [0.05, 0.1) is 6.42 Å². The molecule has 1 saturated heterocycles. The summed E-state index contributed by atoms with van der Waals surface area (Å²) in [5, 5.41) is 4.14. The summed E-state index contributed by atoms with van der Waals surface area (Å²) in [6.07, 6.45) is 7.35. The van der Waals surface area contributed by atoms with Crippen molar-refractivity contribution < 1.29 is 4.79 Å². The lowest BCUT2D eigenvalue weighted by atomic mass is 9.99. The van der Waals surface area contributed by atoms with E-state index < -0.39 is 0 Å². The normalized spacial score (nSPS) is 17.2. The second kappa shape index (κ2) is 7.87. The zero-order chi connectivity index (χ0) is 18.6. The zero-order valence-electron chi connectivity index (χ0n) is 15.9. The number of rotatable bonds is 5. The first-order valence-corrected chi connectivity index (χ1v) is 9.96. The minimum Gasteiger partial charge on any atom is -0.369 e. The van der Waals surface area contributed by atoms with Crippen molar-refractivity contribution >= 4 is 28.2 Å². The number of aromatic nitrogens is 1. The number of aromatic amines is 1. The van der Waals surface area contributed by atoms with Gasteiger partial charge in [0.15, 0.2) is 0 Å². The van der Waals surface area contributed by atoms with Crippen molar-refractivity contribution in [1.29, 1.82) is 0 Å². The summed E-state index contributed by atoms with van der Waals surface area (Å²) < 4.78 is 0. The molecule has 1 unspecified atom stereocenters. The number of carbonyl (C=O) groups is 1. The fourth-order valence-electron chi connectivity index (χ4n) is 4.16. The van der Waals surface area contributed by atoms with Gasteiger partial charge in [-0.15, -0.1) is 0 Å². The van der Waals surface area contributed by atoms with E-state index in [9.17, 15) is 4.79 Å². The summed E-state index contributed by atoms with van der Waals surface area (Å²) in [5.41, 5.74) is 4.21. The molecule has 1 aliphatic heterocycles. The number of amides is 1. The molecule has 1 atom stereocenters. The van der Waals surface area contributed by atoms with Gasteiger partial charge in [0.1, 0.15) is 0 Å². The molecule has 1 aliphatic rings. The molecule has 0 radical (unpaired) electrons. The van der Waals surface area contributed by atoms with Crippen LogP contribution in [0.3, 0.4) is 0 Å². The molecule has 1 amide bonds. The summed E-state index contributed by atoms with van der Waals surface area (Å²) in [6.45, 7) is 3.40. The predicted octanol–water partition coefficient (Wildman–Crippen LogP) is 5.12. The Kier molecular flexibility index (Phi) is 5.14. The van der Waals surface area contributed by atoms with Gasteiger partial charge in [-0.1, -0.05) is 25.1 Å². The SMILES string of the molecule is CCC1CCCCN1c1ccc(NC(=O)Cc2c[nH]c3ccccc23)cc1. The van der Waals surface area contributed by atoms with Crippen LogP contribution in [-0.4, -0.2) is 23.5 Å². The molecule has 27 heavy (non-hydrogen) atoms. The predicted molar refractivity (Wildman–Crippen MR) is 112 cm³/mol. The van der Waals surface area contributed by atoms with Crippen LogP contribution in [0.2, 0.25) is 0 Å². The maximum Gasteiger partial charge on any atom is 0.228 e. The van der Waals surface area contributed by atoms with E-state index in [4.69, 9.17) is 0 Å². The van der Waals surface area contributed by atoms with E-state index in [-0.39, 0.29) is 5.91 Å². The monoisotopic (exact) mass is 361 g/mol. The molecule has 0 bridgehead atoms. The Bertz CT molecular complexity index is 913. The lowest BCUT2D eigenvalue weighted by molar-refractivity contribution is -0.115. The molecule has 4 rings (SSSR count). The van der Waals surface area contributed by atoms with Gasteiger partial charge < -0.3 is 15.2 Å². The topological polar surface area (TPSA) is 48.1 Å². The summed E-state index contributed by atoms with van der Waals surface area (Å²) >= 11 is 0. The molecule has 2 aromatic carbocycles. The quantitative estimate of drug-likeness (QED) is 0.663. The molecule has 4 nitrogen and oxygen atoms in total. The van der Waals surface area contributed by atoms with Gasteiger partial charge in [-0.25, -0.2) is 0 Å². The van der Waals surface area contributed by atoms with Gasteiger partial charge in [-0.2, -0.15) is 0 Å². The van der Waals surface area contributed by atoms with Gasteiger partial charge in [-0.05, 0) is 61.6 Å². The Morgan fingerprint density at radius 3 is 2.78 bits per heavy atom. The van der Waals surface area contributed by atoms with Gasteiger partial charge in [0.2, 0.25) is 5.91 Å². The fourth-order valence-corrected chi connectivity index (χ4v) is 4.16. The molecule has 2 heterocycles. The number of nitrogens with one attached hydrogen (secondary N) is 2. The van der Waals surface area contributed by atoms with Crippen molar-refractivity contribution in [3.05, 3.63) is 60.3 Å². The number of benzene rings is 2. The van der Waals surface area contributed by atoms with Crippen molar-refractivity contribution in [2.24, 2.45) is 0 Å². The maximum atomic E-state index is 12.5. The van der Waals surface area contributed by atoms with Crippen LogP contribution >= 0.6 is 0 Å². The Hall–Kier alpha value is -2.75. The first-order valence-electron chi connectivity index (χ1n) is 9.96. The Labute approximate surface area is 160 Å². The number of piperidine rings is 1. The molecular formula is C23H27N3O. The number of carbonyl (C=O) groups excluding carboxylic acids is 1. The second-order valence-corrected chi connectivity index (χ2v) is 7.38. The maximum absolute atomic E-state index is 12.5. The van der Waals surface area contributed by atoms with Crippen LogP contribution in [0.1, 0.15) is 38.2 Å². The Morgan fingerprint density at radius 2 is 1.96 bits per heavy atom. The molecule has 1 aromatic heterocycles. The molecule has 0 saturated carbocycles. The summed E-state index contributed by atoms with van der Waals surface area (Å²) in [7, 11) is 0. The number of fused-ring (bicyclic) bond motifs is 1. The van der Waals surface area contributed by atoms with E-state index in [1.165, 1.54) is 31.4 Å². The van der Waals surface area contributed by atoms with Crippen molar-refractivity contribution in [3.8, 4) is 0 Å². The highest BCUT2D eigenvalue weighted by Crippen LogP contribution is 2.27. The zero-order valence-corrected chi connectivity index (χ0v) is 15.9. The van der Waals surface area contributed by atoms with Gasteiger partial charge in [0, 0.05) is 41.1 Å². The third kappa shape index (κ3) is 3.85. The standard InChI is InChI=1S/C23H27N3O/c1-2-19-7-5-6-14-26(19)20-12-10-18(11-13-20)25-23(27)15-17-16-24-22-9-4-3-8-21(17)22/h3-4,8-13,16,19,24H,2,5-7,14-15H2,1H3,(H,25,27). The number of hydrogen-bond donors (Lipinski definition) is 2. The summed E-state index contributed by atoms with van der Waals surface area (Å²) in [4.78, 5) is 18.2. The first-order chi connectivity index (χ1) is 13.2. The van der Waals surface area contributed by atoms with E-state index >= 15 is 0 Å². The smallest absolute Gasteiger partial charge is 0.228 e. The highest BCUT2D eigenvalue weighted by atomic mass is 16.1. The highest BCUT2D eigenvalue weighted by Gasteiger charge is 2.20. The fraction of sp³-hybridized carbons (Fsp3) is 0.348. The minimum absolute atomic E-state index is 0.0110. The lowest BCUT2D eigenvalue weighted by Crippen LogP contribution is -2.39. The molecule has 4 heteroatoms. The number of hydrogen-bond acceptors (Lipinski definition) is 2. The first kappa shape index (κ1) is 17.7. The Balaban J connectivity index is 1.41. The van der Waals surface area contributed by atoms with Crippen LogP contribution in [0.15, 0.2) is 54.7 Å². The molecule has 140 valence electrons. The largest absolute Gasteiger partial charge is 0.369 e. The Morgan fingerprint density at radius 1 is 1.15 bits per heavy atom. The van der Waals surface area contributed by atoms with Crippen molar-refractivity contribution in [3.63, 3.8) is 0 Å². The van der Waals surface area contributed by atoms with E-state index in [0.29, 0.717) is 12.5 Å². The number of anilines is 2. The minimum atomic E-state index is 0.0110. The summed E-state index contributed by atoms with van der Waals surface area (Å²) in [6, 6.07) is 17.0. The molecule has 3 aromatic rings. The number of H-pyrrole nitrogens is 1. The molecular weight excluding hydrogens is 334 g/mol. The molecule has 1 fully saturated rings. The number of nitrogens with zero attached hydrogens (tertiary/aromatic N) is 1. The van der Waals surface area contributed by atoms with Gasteiger partial charge in [0.25, 0.3) is 0 Å². The third-order valence-electron chi connectivity index (χ3n) is 5.61. The van der Waals surface area contributed by atoms with Crippen LogP contribution in [0.25, 0.3) is 10.9 Å². The van der Waals surface area contributed by atoms with Gasteiger partial charge in [-0.3, -0.25) is 4.79 Å². The van der Waals surface area contributed by atoms with E-state index in [1.807, 2.05) is 42.6 Å². The van der Waals surface area contributed by atoms with E-state index in [1.54, 1.807) is 0 Å². The van der Waals surface area contributed by atoms with Crippen molar-refractivity contribution in [2.45, 2.75) is 45.1 Å².